The van der Waals surface area contributed by atoms with Crippen LogP contribution in [-0.2, 0) is 0 Å². The van der Waals surface area contributed by atoms with Gasteiger partial charge in [-0.1, -0.05) is 6.07 Å². The number of hydrazone groups is 1. The Morgan fingerprint density at radius 1 is 1.42 bits per heavy atom. The van der Waals surface area contributed by atoms with E-state index in [1.807, 2.05) is 40.4 Å². The van der Waals surface area contributed by atoms with Gasteiger partial charge in [0.25, 0.3) is 5.91 Å². The predicted octanol–water partition coefficient (Wildman–Crippen LogP) is 2.16. The van der Waals surface area contributed by atoms with Gasteiger partial charge in [0, 0.05) is 24.2 Å². The van der Waals surface area contributed by atoms with E-state index in [-0.39, 0.29) is 5.91 Å². The van der Waals surface area contributed by atoms with E-state index >= 15 is 0 Å². The Kier molecular flexibility index (Phi) is 3.07. The molecule has 94 valence electrons. The summed E-state index contributed by atoms with van der Waals surface area (Å²) < 4.78 is 1.89. The molecule has 3 aromatic rings. The van der Waals surface area contributed by atoms with Crippen molar-refractivity contribution < 1.29 is 4.79 Å². The van der Waals surface area contributed by atoms with Crippen molar-refractivity contribution >= 4 is 29.1 Å². The molecule has 0 aliphatic rings. The molecule has 3 aromatic heterocycles. The molecule has 0 aliphatic heterocycles. The van der Waals surface area contributed by atoms with E-state index in [0.29, 0.717) is 4.88 Å². The van der Waals surface area contributed by atoms with Gasteiger partial charge in [-0.3, -0.25) is 4.79 Å². The van der Waals surface area contributed by atoms with Gasteiger partial charge in [0.15, 0.2) is 0 Å². The van der Waals surface area contributed by atoms with E-state index in [1.54, 1.807) is 18.5 Å². The number of rotatable bonds is 3. The second-order valence-corrected chi connectivity index (χ2v) is 4.78. The maximum atomic E-state index is 11.6. The maximum absolute atomic E-state index is 11.6. The first kappa shape index (κ1) is 11.6. The van der Waals surface area contributed by atoms with Crippen molar-refractivity contribution in [2.45, 2.75) is 0 Å². The first-order valence-corrected chi connectivity index (χ1v) is 6.50. The highest BCUT2D eigenvalue weighted by Crippen LogP contribution is 2.07. The third-order valence-electron chi connectivity index (χ3n) is 2.54. The minimum atomic E-state index is -0.199. The summed E-state index contributed by atoms with van der Waals surface area (Å²) in [6.07, 6.45) is 7.08. The number of carbonyl (C=O) groups is 1. The van der Waals surface area contributed by atoms with Crippen LogP contribution in [0.4, 0.5) is 0 Å². The molecule has 0 bridgehead atoms. The molecule has 0 unspecified atom stereocenters. The molecular weight excluding hydrogens is 260 g/mol. The summed E-state index contributed by atoms with van der Waals surface area (Å²) in [6, 6.07) is 7.37. The highest BCUT2D eigenvalue weighted by atomic mass is 32.1. The molecule has 0 saturated carbocycles. The molecule has 0 aromatic carbocycles. The number of imidazole rings is 1. The van der Waals surface area contributed by atoms with Crippen LogP contribution in [0.3, 0.4) is 0 Å². The predicted molar refractivity (Wildman–Crippen MR) is 74.6 cm³/mol. The van der Waals surface area contributed by atoms with E-state index in [2.05, 4.69) is 15.5 Å². The third-order valence-corrected chi connectivity index (χ3v) is 3.40. The largest absolute Gasteiger partial charge is 0.306 e. The van der Waals surface area contributed by atoms with Crippen LogP contribution in [0.25, 0.3) is 5.65 Å². The van der Waals surface area contributed by atoms with E-state index in [4.69, 9.17) is 0 Å². The number of fused-ring (bicyclic) bond motifs is 1. The second kappa shape index (κ2) is 5.03. The highest BCUT2D eigenvalue weighted by molar-refractivity contribution is 7.12. The number of nitrogens with zero attached hydrogens (tertiary/aromatic N) is 3. The van der Waals surface area contributed by atoms with Crippen LogP contribution in [0.5, 0.6) is 0 Å². The van der Waals surface area contributed by atoms with Gasteiger partial charge in [-0.25, -0.2) is 10.4 Å². The first-order valence-electron chi connectivity index (χ1n) is 5.62. The topological polar surface area (TPSA) is 58.8 Å². The van der Waals surface area contributed by atoms with Crippen molar-refractivity contribution in [2.75, 3.05) is 0 Å². The lowest BCUT2D eigenvalue weighted by molar-refractivity contribution is 0.0959. The number of hydrogen-bond donors (Lipinski definition) is 1. The van der Waals surface area contributed by atoms with Crippen molar-refractivity contribution in [2.24, 2.45) is 5.10 Å². The van der Waals surface area contributed by atoms with Crippen molar-refractivity contribution in [3.05, 3.63) is 58.7 Å². The fourth-order valence-corrected chi connectivity index (χ4v) is 2.26. The Bertz CT molecular complexity index is 730. The molecule has 6 heteroatoms. The van der Waals surface area contributed by atoms with Gasteiger partial charge in [0.05, 0.1) is 11.1 Å². The van der Waals surface area contributed by atoms with Crippen molar-refractivity contribution in [1.82, 2.24) is 14.8 Å². The Hall–Kier alpha value is -2.47. The summed E-state index contributed by atoms with van der Waals surface area (Å²) in [5, 5.41) is 5.79. The van der Waals surface area contributed by atoms with E-state index in [1.165, 1.54) is 11.3 Å². The lowest BCUT2D eigenvalue weighted by atomic mass is 10.3. The fourth-order valence-electron chi connectivity index (χ4n) is 1.64. The van der Waals surface area contributed by atoms with Crippen molar-refractivity contribution in [3.8, 4) is 0 Å². The van der Waals surface area contributed by atoms with Crippen LogP contribution in [0.1, 0.15) is 15.2 Å². The number of amides is 1. The minimum Gasteiger partial charge on any atom is -0.306 e. The Morgan fingerprint density at radius 3 is 3.21 bits per heavy atom. The average Bonchev–Trinajstić information content (AvgIpc) is 3.09. The van der Waals surface area contributed by atoms with Gasteiger partial charge < -0.3 is 4.40 Å². The first-order chi connectivity index (χ1) is 9.33. The summed E-state index contributed by atoms with van der Waals surface area (Å²) in [5.74, 6) is -0.199. The Balaban J connectivity index is 1.70. The van der Waals surface area contributed by atoms with Crippen molar-refractivity contribution in [1.29, 1.82) is 0 Å². The molecular formula is C13H10N4OS. The van der Waals surface area contributed by atoms with Crippen LogP contribution in [0.2, 0.25) is 0 Å². The lowest BCUT2D eigenvalue weighted by Crippen LogP contribution is -2.16. The quantitative estimate of drug-likeness (QED) is 0.585. The number of pyridine rings is 1. The summed E-state index contributed by atoms with van der Waals surface area (Å²) in [4.78, 5) is 16.4. The number of hydrogen-bond acceptors (Lipinski definition) is 4. The zero-order chi connectivity index (χ0) is 13.1. The molecule has 3 rings (SSSR count). The molecule has 0 spiro atoms. The number of nitrogens with one attached hydrogen (secondary N) is 1. The zero-order valence-electron chi connectivity index (χ0n) is 9.85. The van der Waals surface area contributed by atoms with Crippen molar-refractivity contribution in [3.63, 3.8) is 0 Å². The summed E-state index contributed by atoms with van der Waals surface area (Å²) in [5.41, 5.74) is 4.25. The third kappa shape index (κ3) is 2.53. The molecule has 1 amide bonds. The van der Waals surface area contributed by atoms with Gasteiger partial charge in [0.1, 0.15) is 5.65 Å². The molecule has 19 heavy (non-hydrogen) atoms. The molecule has 0 atom stereocenters. The molecule has 0 saturated heterocycles. The summed E-state index contributed by atoms with van der Waals surface area (Å²) in [6.45, 7) is 0. The fraction of sp³-hybridized carbons (Fsp3) is 0. The smallest absolute Gasteiger partial charge is 0.281 e. The Morgan fingerprint density at radius 2 is 2.37 bits per heavy atom. The number of aromatic nitrogens is 2. The Labute approximate surface area is 113 Å². The van der Waals surface area contributed by atoms with Gasteiger partial charge in [-0.05, 0) is 23.6 Å². The minimum absolute atomic E-state index is 0.199. The normalized spacial score (nSPS) is 11.2. The van der Waals surface area contributed by atoms with Crippen LogP contribution < -0.4 is 5.43 Å². The van der Waals surface area contributed by atoms with E-state index in [0.717, 1.165) is 11.2 Å². The highest BCUT2D eigenvalue weighted by Gasteiger charge is 2.03. The van der Waals surface area contributed by atoms with Crippen LogP contribution in [0, 0.1) is 0 Å². The van der Waals surface area contributed by atoms with Crippen LogP contribution in [0.15, 0.2) is 53.3 Å². The molecule has 0 radical (unpaired) electrons. The summed E-state index contributed by atoms with van der Waals surface area (Å²) in [7, 11) is 0. The second-order valence-electron chi connectivity index (χ2n) is 3.83. The monoisotopic (exact) mass is 270 g/mol. The van der Waals surface area contributed by atoms with Crippen LogP contribution in [-0.4, -0.2) is 21.5 Å². The standard InChI is InChI=1S/C13H10N4OS/c18-13(11-2-1-7-19-11)16-15-8-10-3-4-12-14-5-6-17(12)9-10/h1-9H,(H,16,18)/b15-8-. The van der Waals surface area contributed by atoms with Gasteiger partial charge in [0.2, 0.25) is 0 Å². The SMILES string of the molecule is O=C(N/N=C\c1ccc2nccn2c1)c1cccs1. The number of carbonyl (C=O) groups excluding carboxylic acids is 1. The van der Waals surface area contributed by atoms with Gasteiger partial charge in [-0.2, -0.15) is 5.10 Å². The van der Waals surface area contributed by atoms with E-state index < -0.39 is 0 Å². The lowest BCUT2D eigenvalue weighted by Gasteiger charge is -1.97. The van der Waals surface area contributed by atoms with Gasteiger partial charge >= 0.3 is 0 Å². The molecule has 0 aliphatic carbocycles. The summed E-state index contributed by atoms with van der Waals surface area (Å²) >= 11 is 1.38. The average molecular weight is 270 g/mol. The van der Waals surface area contributed by atoms with Gasteiger partial charge in [-0.15, -0.1) is 11.3 Å². The maximum Gasteiger partial charge on any atom is 0.281 e. The molecule has 0 fully saturated rings. The molecule has 3 heterocycles. The number of thiophene rings is 1. The molecule has 5 nitrogen and oxygen atoms in total. The van der Waals surface area contributed by atoms with E-state index in [9.17, 15) is 4.79 Å². The van der Waals surface area contributed by atoms with Crippen LogP contribution >= 0.6 is 11.3 Å². The molecule has 1 N–H and O–H groups in total. The zero-order valence-corrected chi connectivity index (χ0v) is 10.7.